The normalized spacial score (nSPS) is 23.2. The summed E-state index contributed by atoms with van der Waals surface area (Å²) in [5, 5.41) is 2.96. The van der Waals surface area contributed by atoms with Gasteiger partial charge in [-0.3, -0.25) is 0 Å². The molecule has 3 rings (SSSR count). The van der Waals surface area contributed by atoms with E-state index < -0.39 is 16.1 Å². The SMILES string of the molecule is COc1c(OC)c([Si](C)(C)C)c2c(c1[Si](C)(C)C)C[C@H]1COC[C@@H]1C2. The molecule has 1 saturated heterocycles. The van der Waals surface area contributed by atoms with Gasteiger partial charge in [-0.05, 0) is 46.2 Å². The maximum atomic E-state index is 6.01. The van der Waals surface area contributed by atoms with Crippen molar-refractivity contribution in [1.82, 2.24) is 0 Å². The summed E-state index contributed by atoms with van der Waals surface area (Å²) in [6.07, 6.45) is 2.30. The fourth-order valence-electron chi connectivity index (χ4n) is 4.85. The van der Waals surface area contributed by atoms with Gasteiger partial charge in [-0.1, -0.05) is 39.3 Å². The molecule has 2 atom stereocenters. The number of rotatable bonds is 4. The molecule has 0 radical (unpaired) electrons. The lowest BCUT2D eigenvalue weighted by molar-refractivity contribution is 0.181. The van der Waals surface area contributed by atoms with Crippen LogP contribution in [0, 0.1) is 11.8 Å². The van der Waals surface area contributed by atoms with Gasteiger partial charge in [0.05, 0.1) is 43.6 Å². The van der Waals surface area contributed by atoms with Crippen molar-refractivity contribution in [3.63, 3.8) is 0 Å². The molecular weight excluding hydrogens is 344 g/mol. The summed E-state index contributed by atoms with van der Waals surface area (Å²) in [6, 6.07) is 0. The first-order valence-corrected chi connectivity index (χ1v) is 16.5. The number of benzene rings is 1. The molecule has 1 heterocycles. The predicted molar refractivity (Wildman–Crippen MR) is 111 cm³/mol. The molecule has 1 aliphatic heterocycles. The van der Waals surface area contributed by atoms with E-state index in [1.54, 1.807) is 11.1 Å². The van der Waals surface area contributed by atoms with Gasteiger partial charge in [0.15, 0.2) is 11.5 Å². The van der Waals surface area contributed by atoms with E-state index in [2.05, 4.69) is 39.3 Å². The molecule has 0 N–H and O–H groups in total. The van der Waals surface area contributed by atoms with Gasteiger partial charge >= 0.3 is 0 Å². The largest absolute Gasteiger partial charge is 0.493 e. The Hall–Kier alpha value is -0.786. The van der Waals surface area contributed by atoms with Crippen LogP contribution in [0.25, 0.3) is 0 Å². The van der Waals surface area contributed by atoms with Crippen LogP contribution in [0.15, 0.2) is 0 Å². The lowest BCUT2D eigenvalue weighted by atomic mass is 9.77. The number of methoxy groups -OCH3 is 2. The highest BCUT2D eigenvalue weighted by atomic mass is 28.3. The molecule has 1 fully saturated rings. The van der Waals surface area contributed by atoms with Gasteiger partial charge in [-0.15, -0.1) is 0 Å². The molecule has 0 saturated carbocycles. The van der Waals surface area contributed by atoms with Gasteiger partial charge in [0.1, 0.15) is 0 Å². The van der Waals surface area contributed by atoms with E-state index in [1.807, 2.05) is 14.2 Å². The third-order valence-electron chi connectivity index (χ3n) is 5.80. The third-order valence-corrected chi connectivity index (χ3v) is 9.86. The minimum Gasteiger partial charge on any atom is -0.493 e. The fraction of sp³-hybridized carbons (Fsp3) is 0.700. The Balaban J connectivity index is 2.37. The standard InChI is InChI=1S/C20H34O3Si2/c1-21-17-18(22-2)20(25(6,7)8)16-10-14-12-23-11-13(14)9-15(16)19(17)24(3,4)5/h13-14H,9-12H2,1-8H3/t13-,14-/m0/s1. The zero-order valence-corrected chi connectivity index (χ0v) is 19.2. The first kappa shape index (κ1) is 19.0. The molecular formula is C20H34O3Si2. The molecule has 0 amide bonds. The minimum absolute atomic E-state index is 0.676. The Morgan fingerprint density at radius 1 is 0.720 bits per heavy atom. The quantitative estimate of drug-likeness (QED) is 0.753. The van der Waals surface area contributed by atoms with Crippen molar-refractivity contribution < 1.29 is 14.2 Å². The first-order chi connectivity index (χ1) is 11.6. The maximum Gasteiger partial charge on any atom is 0.160 e. The summed E-state index contributed by atoms with van der Waals surface area (Å²) in [5.41, 5.74) is 3.17. The predicted octanol–water partition coefficient (Wildman–Crippen LogP) is 3.16. The molecule has 0 bridgehead atoms. The van der Waals surface area contributed by atoms with Crippen LogP contribution in [-0.2, 0) is 17.6 Å². The molecule has 140 valence electrons. The Kier molecular flexibility index (Phi) is 4.88. The topological polar surface area (TPSA) is 27.7 Å². The fourth-order valence-corrected chi connectivity index (χ4v) is 8.96. The van der Waals surface area contributed by atoms with Gasteiger partial charge in [-0.2, -0.15) is 0 Å². The van der Waals surface area contributed by atoms with E-state index in [-0.39, 0.29) is 0 Å². The number of fused-ring (bicyclic) bond motifs is 2. The van der Waals surface area contributed by atoms with Gasteiger partial charge < -0.3 is 14.2 Å². The van der Waals surface area contributed by atoms with E-state index in [1.165, 1.54) is 10.4 Å². The van der Waals surface area contributed by atoms with Gasteiger partial charge in [-0.25, -0.2) is 0 Å². The van der Waals surface area contributed by atoms with Crippen LogP contribution in [0.1, 0.15) is 11.1 Å². The average molecular weight is 379 g/mol. The zero-order chi connectivity index (χ0) is 18.6. The molecule has 1 aliphatic carbocycles. The van der Waals surface area contributed by atoms with Crippen molar-refractivity contribution in [2.45, 2.75) is 52.1 Å². The molecule has 0 aromatic heterocycles. The van der Waals surface area contributed by atoms with Gasteiger partial charge in [0, 0.05) is 0 Å². The molecule has 0 unspecified atom stereocenters. The van der Waals surface area contributed by atoms with Gasteiger partial charge in [0.2, 0.25) is 0 Å². The Morgan fingerprint density at radius 2 is 1.08 bits per heavy atom. The van der Waals surface area contributed by atoms with Crippen LogP contribution >= 0.6 is 0 Å². The molecule has 0 spiro atoms. The second-order valence-corrected chi connectivity index (χ2v) is 19.7. The Bertz CT molecular complexity index is 614. The van der Waals surface area contributed by atoms with E-state index in [4.69, 9.17) is 14.2 Å². The monoisotopic (exact) mass is 378 g/mol. The van der Waals surface area contributed by atoms with E-state index in [0.717, 1.165) is 37.6 Å². The van der Waals surface area contributed by atoms with Crippen LogP contribution in [0.3, 0.4) is 0 Å². The minimum atomic E-state index is -1.58. The number of hydrogen-bond donors (Lipinski definition) is 0. The number of hydrogen-bond acceptors (Lipinski definition) is 3. The summed E-state index contributed by atoms with van der Waals surface area (Å²) in [5.74, 6) is 3.40. The maximum absolute atomic E-state index is 6.01. The smallest absolute Gasteiger partial charge is 0.160 e. The molecule has 5 heteroatoms. The van der Waals surface area contributed by atoms with Crippen molar-refractivity contribution in [2.24, 2.45) is 11.8 Å². The van der Waals surface area contributed by atoms with Crippen LogP contribution in [0.5, 0.6) is 11.5 Å². The summed E-state index contributed by atoms with van der Waals surface area (Å²) < 4.78 is 17.9. The summed E-state index contributed by atoms with van der Waals surface area (Å²) >= 11 is 0. The molecule has 1 aromatic carbocycles. The highest BCUT2D eigenvalue weighted by molar-refractivity contribution is 6.91. The summed E-state index contributed by atoms with van der Waals surface area (Å²) in [4.78, 5) is 0. The van der Waals surface area contributed by atoms with E-state index in [9.17, 15) is 0 Å². The Labute approximate surface area is 155 Å². The number of ether oxygens (including phenoxy) is 3. The second-order valence-electron chi connectivity index (χ2n) is 9.74. The Morgan fingerprint density at radius 3 is 1.36 bits per heavy atom. The van der Waals surface area contributed by atoms with E-state index in [0.29, 0.717) is 11.8 Å². The summed E-state index contributed by atoms with van der Waals surface area (Å²) in [6.45, 7) is 16.4. The van der Waals surface area contributed by atoms with Crippen molar-refractivity contribution in [2.75, 3.05) is 27.4 Å². The van der Waals surface area contributed by atoms with Crippen molar-refractivity contribution in [1.29, 1.82) is 0 Å². The highest BCUT2D eigenvalue weighted by Crippen LogP contribution is 2.40. The second kappa shape index (κ2) is 6.43. The molecule has 3 nitrogen and oxygen atoms in total. The lowest BCUT2D eigenvalue weighted by Gasteiger charge is -2.38. The van der Waals surface area contributed by atoms with Crippen molar-refractivity contribution in [3.8, 4) is 11.5 Å². The lowest BCUT2D eigenvalue weighted by Crippen LogP contribution is -2.50. The van der Waals surface area contributed by atoms with Crippen molar-refractivity contribution >= 4 is 26.5 Å². The highest BCUT2D eigenvalue weighted by Gasteiger charge is 2.42. The van der Waals surface area contributed by atoms with Crippen molar-refractivity contribution in [3.05, 3.63) is 11.1 Å². The average Bonchev–Trinajstić information content (AvgIpc) is 2.95. The van der Waals surface area contributed by atoms with Crippen LogP contribution < -0.4 is 19.8 Å². The third kappa shape index (κ3) is 3.19. The van der Waals surface area contributed by atoms with Gasteiger partial charge in [0.25, 0.3) is 0 Å². The molecule has 2 aliphatic rings. The summed E-state index contributed by atoms with van der Waals surface area (Å²) in [7, 11) is 0.459. The van der Waals surface area contributed by atoms with Crippen LogP contribution in [0.4, 0.5) is 0 Å². The zero-order valence-electron chi connectivity index (χ0n) is 17.2. The molecule has 1 aromatic rings. The van der Waals surface area contributed by atoms with Crippen LogP contribution in [0.2, 0.25) is 39.3 Å². The first-order valence-electron chi connectivity index (χ1n) is 9.48. The van der Waals surface area contributed by atoms with Crippen LogP contribution in [-0.4, -0.2) is 43.6 Å². The van der Waals surface area contributed by atoms with E-state index >= 15 is 0 Å². The molecule has 25 heavy (non-hydrogen) atoms.